The Hall–Kier alpha value is -2.52. The van der Waals surface area contributed by atoms with Crippen molar-refractivity contribution in [1.29, 1.82) is 0 Å². The molecule has 23 heavy (non-hydrogen) atoms. The van der Waals surface area contributed by atoms with Crippen molar-refractivity contribution in [2.75, 3.05) is 6.61 Å². The Morgan fingerprint density at radius 1 is 1.00 bits per heavy atom. The Kier molecular flexibility index (Phi) is 4.49. The second-order valence-corrected chi connectivity index (χ2v) is 5.62. The summed E-state index contributed by atoms with van der Waals surface area (Å²) in [6.45, 7) is 1.71. The lowest BCUT2D eigenvalue weighted by Gasteiger charge is -2.09. The molecule has 4 heteroatoms. The van der Waals surface area contributed by atoms with Gasteiger partial charge in [-0.05, 0) is 53.6 Å². The lowest BCUT2D eigenvalue weighted by atomic mass is 10.1. The molecule has 0 bridgehead atoms. The van der Waals surface area contributed by atoms with Crippen LogP contribution in [0.1, 0.15) is 5.56 Å². The monoisotopic (exact) mass is 326 g/mol. The normalized spacial score (nSPS) is 10.5. The van der Waals surface area contributed by atoms with Crippen LogP contribution in [0.4, 0.5) is 0 Å². The smallest absolute Gasteiger partial charge is 0.349 e. The third kappa shape index (κ3) is 3.82. The molecule has 3 aromatic rings. The van der Waals surface area contributed by atoms with Gasteiger partial charge in [0.15, 0.2) is 6.61 Å². The van der Waals surface area contributed by atoms with E-state index in [9.17, 15) is 4.79 Å². The van der Waals surface area contributed by atoms with Crippen LogP contribution in [0.2, 0.25) is 5.02 Å². The lowest BCUT2D eigenvalue weighted by molar-refractivity contribution is -0.136. The Morgan fingerprint density at radius 3 is 2.57 bits per heavy atom. The first-order chi connectivity index (χ1) is 11.1. The first kappa shape index (κ1) is 15.4. The molecule has 0 spiro atoms. The van der Waals surface area contributed by atoms with Crippen molar-refractivity contribution in [2.24, 2.45) is 0 Å². The van der Waals surface area contributed by atoms with Crippen LogP contribution in [0.15, 0.2) is 60.7 Å². The summed E-state index contributed by atoms with van der Waals surface area (Å²) in [6.07, 6.45) is 0. The lowest BCUT2D eigenvalue weighted by Crippen LogP contribution is -2.18. The molecule has 0 heterocycles. The average molecular weight is 327 g/mol. The van der Waals surface area contributed by atoms with E-state index in [0.29, 0.717) is 16.5 Å². The van der Waals surface area contributed by atoms with Crippen LogP contribution >= 0.6 is 11.6 Å². The number of hydrogen-bond donors (Lipinski definition) is 0. The quantitative estimate of drug-likeness (QED) is 0.511. The number of hydrogen-bond acceptors (Lipinski definition) is 3. The minimum atomic E-state index is -0.449. The summed E-state index contributed by atoms with van der Waals surface area (Å²) in [6, 6.07) is 18.7. The maximum absolute atomic E-state index is 11.9. The van der Waals surface area contributed by atoms with Gasteiger partial charge in [0.1, 0.15) is 11.5 Å². The van der Waals surface area contributed by atoms with Crippen LogP contribution in [0, 0.1) is 6.92 Å². The number of rotatable bonds is 4. The van der Waals surface area contributed by atoms with E-state index in [2.05, 4.69) is 0 Å². The van der Waals surface area contributed by atoms with Crippen LogP contribution in [0.25, 0.3) is 10.8 Å². The molecule has 0 aliphatic heterocycles. The predicted octanol–water partition coefficient (Wildman–Crippen LogP) is 4.79. The van der Waals surface area contributed by atoms with Gasteiger partial charge in [0, 0.05) is 5.02 Å². The fourth-order valence-corrected chi connectivity index (χ4v) is 2.53. The van der Waals surface area contributed by atoms with Gasteiger partial charge in [0.05, 0.1) is 0 Å². The van der Waals surface area contributed by atoms with Gasteiger partial charge < -0.3 is 9.47 Å². The van der Waals surface area contributed by atoms with Crippen LogP contribution in [-0.2, 0) is 4.79 Å². The minimum Gasteiger partial charge on any atom is -0.482 e. The van der Waals surface area contributed by atoms with E-state index in [1.54, 1.807) is 24.3 Å². The Morgan fingerprint density at radius 2 is 1.78 bits per heavy atom. The highest BCUT2D eigenvalue weighted by Gasteiger charge is 2.08. The van der Waals surface area contributed by atoms with Crippen molar-refractivity contribution < 1.29 is 14.3 Å². The van der Waals surface area contributed by atoms with Crippen molar-refractivity contribution in [3.05, 3.63) is 71.2 Å². The number of esters is 1. The van der Waals surface area contributed by atoms with Gasteiger partial charge in [0.25, 0.3) is 0 Å². The molecule has 3 nitrogen and oxygen atoms in total. The number of carbonyl (C=O) groups is 1. The third-order valence-electron chi connectivity index (χ3n) is 3.44. The Bertz CT molecular complexity index is 858. The zero-order chi connectivity index (χ0) is 16.2. The van der Waals surface area contributed by atoms with Crippen molar-refractivity contribution in [1.82, 2.24) is 0 Å². The van der Waals surface area contributed by atoms with E-state index in [1.807, 2.05) is 43.3 Å². The number of carbonyl (C=O) groups excluding carboxylic acids is 1. The summed E-state index contributed by atoms with van der Waals surface area (Å²) in [7, 11) is 0. The second kappa shape index (κ2) is 6.71. The summed E-state index contributed by atoms with van der Waals surface area (Å²) in [5.41, 5.74) is 0.871. The van der Waals surface area contributed by atoms with Gasteiger partial charge in [-0.25, -0.2) is 4.79 Å². The highest BCUT2D eigenvalue weighted by Crippen LogP contribution is 2.23. The first-order valence-electron chi connectivity index (χ1n) is 7.20. The SMILES string of the molecule is Cc1cc(Cl)ccc1OCC(=O)Oc1ccc2ccccc2c1. The fraction of sp³-hybridized carbons (Fsp3) is 0.105. The molecule has 0 amide bonds. The minimum absolute atomic E-state index is 0.157. The standard InChI is InChI=1S/C19H15ClO3/c1-13-10-16(20)7-9-18(13)22-12-19(21)23-17-8-6-14-4-2-3-5-15(14)11-17/h2-11H,12H2,1H3. The van der Waals surface area contributed by atoms with Crippen molar-refractivity contribution in [3.63, 3.8) is 0 Å². The maximum Gasteiger partial charge on any atom is 0.349 e. The molecule has 3 aromatic carbocycles. The topological polar surface area (TPSA) is 35.5 Å². The average Bonchev–Trinajstić information content (AvgIpc) is 2.54. The van der Waals surface area contributed by atoms with Crippen molar-refractivity contribution >= 4 is 28.3 Å². The Labute approximate surface area is 139 Å². The van der Waals surface area contributed by atoms with E-state index in [1.165, 1.54) is 0 Å². The van der Waals surface area contributed by atoms with E-state index in [0.717, 1.165) is 16.3 Å². The molecular weight excluding hydrogens is 312 g/mol. The molecule has 0 saturated heterocycles. The van der Waals surface area contributed by atoms with E-state index in [4.69, 9.17) is 21.1 Å². The van der Waals surface area contributed by atoms with Gasteiger partial charge in [-0.2, -0.15) is 0 Å². The molecule has 0 N–H and O–H groups in total. The molecule has 0 radical (unpaired) electrons. The summed E-state index contributed by atoms with van der Waals surface area (Å²) in [5.74, 6) is 0.671. The van der Waals surface area contributed by atoms with Gasteiger partial charge in [0.2, 0.25) is 0 Å². The molecule has 3 rings (SSSR count). The van der Waals surface area contributed by atoms with E-state index < -0.39 is 5.97 Å². The molecule has 116 valence electrons. The molecule has 0 aliphatic carbocycles. The van der Waals surface area contributed by atoms with Gasteiger partial charge in [-0.15, -0.1) is 0 Å². The molecule has 0 aliphatic rings. The van der Waals surface area contributed by atoms with Crippen LogP contribution in [0.3, 0.4) is 0 Å². The van der Waals surface area contributed by atoms with Crippen molar-refractivity contribution in [3.8, 4) is 11.5 Å². The highest BCUT2D eigenvalue weighted by molar-refractivity contribution is 6.30. The summed E-state index contributed by atoms with van der Waals surface area (Å²) in [5, 5.41) is 2.75. The van der Waals surface area contributed by atoms with Crippen LogP contribution in [-0.4, -0.2) is 12.6 Å². The van der Waals surface area contributed by atoms with Crippen LogP contribution in [0.5, 0.6) is 11.5 Å². The number of aryl methyl sites for hydroxylation is 1. The highest BCUT2D eigenvalue weighted by atomic mass is 35.5. The number of fused-ring (bicyclic) bond motifs is 1. The largest absolute Gasteiger partial charge is 0.482 e. The molecule has 0 unspecified atom stereocenters. The molecule has 0 aromatic heterocycles. The number of benzene rings is 3. The van der Waals surface area contributed by atoms with Crippen molar-refractivity contribution in [2.45, 2.75) is 6.92 Å². The third-order valence-corrected chi connectivity index (χ3v) is 3.67. The molecule has 0 fully saturated rings. The summed E-state index contributed by atoms with van der Waals surface area (Å²) in [4.78, 5) is 11.9. The van der Waals surface area contributed by atoms with Gasteiger partial charge in [-0.1, -0.05) is 41.9 Å². The van der Waals surface area contributed by atoms with E-state index >= 15 is 0 Å². The summed E-state index contributed by atoms with van der Waals surface area (Å²) >= 11 is 5.89. The van der Waals surface area contributed by atoms with E-state index in [-0.39, 0.29) is 6.61 Å². The predicted molar refractivity (Wildman–Crippen MR) is 91.3 cm³/mol. The first-order valence-corrected chi connectivity index (χ1v) is 7.58. The fourth-order valence-electron chi connectivity index (χ4n) is 2.30. The zero-order valence-corrected chi connectivity index (χ0v) is 13.3. The van der Waals surface area contributed by atoms with Gasteiger partial charge >= 0.3 is 5.97 Å². The molecule has 0 saturated carbocycles. The maximum atomic E-state index is 11.9. The van der Waals surface area contributed by atoms with Gasteiger partial charge in [-0.3, -0.25) is 0 Å². The summed E-state index contributed by atoms with van der Waals surface area (Å²) < 4.78 is 10.8. The number of halogens is 1. The number of ether oxygens (including phenoxy) is 2. The zero-order valence-electron chi connectivity index (χ0n) is 12.6. The van der Waals surface area contributed by atoms with Crippen LogP contribution < -0.4 is 9.47 Å². The molecular formula is C19H15ClO3. The Balaban J connectivity index is 1.64. The second-order valence-electron chi connectivity index (χ2n) is 5.18. The molecule has 0 atom stereocenters.